The number of methoxy groups -OCH3 is 1. The summed E-state index contributed by atoms with van der Waals surface area (Å²) in [5.74, 6) is 0.165. The normalized spacial score (nSPS) is 19.1. The second kappa shape index (κ2) is 5.51. The first-order chi connectivity index (χ1) is 6.65. The van der Waals surface area contributed by atoms with Crippen molar-refractivity contribution in [3.63, 3.8) is 0 Å². The fraction of sp³-hybridized carbons (Fsp3) is 0.700. The summed E-state index contributed by atoms with van der Waals surface area (Å²) in [6.45, 7) is 4.07. The van der Waals surface area contributed by atoms with Gasteiger partial charge in [-0.25, -0.2) is 0 Å². The molecule has 0 aromatic rings. The van der Waals surface area contributed by atoms with Gasteiger partial charge >= 0.3 is 0 Å². The van der Waals surface area contributed by atoms with Crippen molar-refractivity contribution < 1.29 is 9.53 Å². The minimum absolute atomic E-state index is 0.0834. The minimum atomic E-state index is -0.0834. The van der Waals surface area contributed by atoms with E-state index in [1.807, 2.05) is 11.8 Å². The summed E-state index contributed by atoms with van der Waals surface area (Å²) in [5, 5.41) is 0. The number of carbonyl (C=O) groups excluding carboxylic acids is 1. The van der Waals surface area contributed by atoms with Gasteiger partial charge in [0.15, 0.2) is 0 Å². The summed E-state index contributed by atoms with van der Waals surface area (Å²) in [6, 6.07) is 0. The SMILES string of the molecule is COCC1=CCN(C(=O)C(C)Br)CC1. The molecule has 0 saturated heterocycles. The minimum Gasteiger partial charge on any atom is -0.380 e. The molecule has 1 rings (SSSR count). The van der Waals surface area contributed by atoms with Crippen LogP contribution in [0.3, 0.4) is 0 Å². The van der Waals surface area contributed by atoms with Crippen LogP contribution < -0.4 is 0 Å². The summed E-state index contributed by atoms with van der Waals surface area (Å²) in [7, 11) is 1.69. The van der Waals surface area contributed by atoms with E-state index in [0.717, 1.165) is 13.0 Å². The lowest BCUT2D eigenvalue weighted by Gasteiger charge is -2.27. The molecule has 1 heterocycles. The van der Waals surface area contributed by atoms with Gasteiger partial charge in [-0.2, -0.15) is 0 Å². The van der Waals surface area contributed by atoms with E-state index in [4.69, 9.17) is 4.74 Å². The van der Waals surface area contributed by atoms with E-state index in [1.165, 1.54) is 5.57 Å². The Morgan fingerprint density at radius 1 is 1.79 bits per heavy atom. The molecule has 80 valence electrons. The summed E-state index contributed by atoms with van der Waals surface area (Å²) >= 11 is 3.28. The third-order valence-corrected chi connectivity index (χ3v) is 2.68. The Labute approximate surface area is 93.2 Å². The second-order valence-corrected chi connectivity index (χ2v) is 4.82. The number of carbonyl (C=O) groups is 1. The van der Waals surface area contributed by atoms with Gasteiger partial charge in [0.1, 0.15) is 0 Å². The molecule has 1 atom stereocenters. The molecule has 3 nitrogen and oxygen atoms in total. The summed E-state index contributed by atoms with van der Waals surface area (Å²) in [6.07, 6.45) is 3.01. The molecule has 0 radical (unpaired) electrons. The van der Waals surface area contributed by atoms with E-state index >= 15 is 0 Å². The van der Waals surface area contributed by atoms with Crippen LogP contribution >= 0.6 is 15.9 Å². The van der Waals surface area contributed by atoms with Gasteiger partial charge in [0.25, 0.3) is 0 Å². The quantitative estimate of drug-likeness (QED) is 0.571. The average Bonchev–Trinajstić information content (AvgIpc) is 2.18. The van der Waals surface area contributed by atoms with Gasteiger partial charge in [-0.15, -0.1) is 0 Å². The number of alkyl halides is 1. The zero-order chi connectivity index (χ0) is 10.6. The van der Waals surface area contributed by atoms with E-state index in [-0.39, 0.29) is 10.7 Å². The van der Waals surface area contributed by atoms with Crippen LogP contribution in [0.15, 0.2) is 11.6 Å². The molecule has 1 aliphatic rings. The number of nitrogens with zero attached hydrogens (tertiary/aromatic N) is 1. The van der Waals surface area contributed by atoms with Crippen LogP contribution in [0, 0.1) is 0 Å². The number of amides is 1. The maximum atomic E-state index is 11.6. The Hall–Kier alpha value is -0.350. The zero-order valence-corrected chi connectivity index (χ0v) is 10.2. The van der Waals surface area contributed by atoms with Crippen molar-refractivity contribution in [3.05, 3.63) is 11.6 Å². The maximum absolute atomic E-state index is 11.6. The molecule has 0 aromatic heterocycles. The summed E-state index contributed by atoms with van der Waals surface area (Å²) < 4.78 is 5.04. The maximum Gasteiger partial charge on any atom is 0.236 e. The summed E-state index contributed by atoms with van der Waals surface area (Å²) in [5.41, 5.74) is 1.29. The molecule has 0 N–H and O–H groups in total. The fourth-order valence-electron chi connectivity index (χ4n) is 1.48. The van der Waals surface area contributed by atoms with Crippen LogP contribution in [0.1, 0.15) is 13.3 Å². The largest absolute Gasteiger partial charge is 0.380 e. The Balaban J connectivity index is 2.46. The number of hydrogen-bond donors (Lipinski definition) is 0. The average molecular weight is 262 g/mol. The number of halogens is 1. The first-order valence-electron chi connectivity index (χ1n) is 4.75. The molecule has 1 amide bonds. The van der Waals surface area contributed by atoms with Gasteiger partial charge < -0.3 is 9.64 Å². The number of rotatable bonds is 3. The van der Waals surface area contributed by atoms with Gasteiger partial charge in [-0.3, -0.25) is 4.79 Å². The third kappa shape index (κ3) is 3.10. The lowest BCUT2D eigenvalue weighted by atomic mass is 10.1. The molecule has 4 heteroatoms. The lowest BCUT2D eigenvalue weighted by Crippen LogP contribution is -2.38. The fourth-order valence-corrected chi connectivity index (χ4v) is 1.77. The van der Waals surface area contributed by atoms with Crippen LogP contribution in [0.25, 0.3) is 0 Å². The lowest BCUT2D eigenvalue weighted by molar-refractivity contribution is -0.129. The van der Waals surface area contributed by atoms with Crippen molar-refractivity contribution in [3.8, 4) is 0 Å². The highest BCUT2D eigenvalue weighted by Crippen LogP contribution is 2.13. The van der Waals surface area contributed by atoms with E-state index < -0.39 is 0 Å². The predicted octanol–water partition coefficient (Wildman–Crippen LogP) is 1.57. The van der Waals surface area contributed by atoms with Crippen LogP contribution in [-0.4, -0.2) is 42.4 Å². The van der Waals surface area contributed by atoms with E-state index in [1.54, 1.807) is 7.11 Å². The number of hydrogen-bond acceptors (Lipinski definition) is 2. The first kappa shape index (κ1) is 11.7. The highest BCUT2D eigenvalue weighted by atomic mass is 79.9. The standard InChI is InChI=1S/C10H16BrNO2/c1-8(11)10(13)12-5-3-9(4-6-12)7-14-2/h3,8H,4-7H2,1-2H3. The topological polar surface area (TPSA) is 29.5 Å². The molecular formula is C10H16BrNO2. The monoisotopic (exact) mass is 261 g/mol. The van der Waals surface area contributed by atoms with Gasteiger partial charge in [-0.1, -0.05) is 22.0 Å². The van der Waals surface area contributed by atoms with Crippen LogP contribution in [-0.2, 0) is 9.53 Å². The molecule has 1 aliphatic heterocycles. The van der Waals surface area contributed by atoms with Crippen LogP contribution in [0.2, 0.25) is 0 Å². The highest BCUT2D eigenvalue weighted by Gasteiger charge is 2.19. The second-order valence-electron chi connectivity index (χ2n) is 3.45. The molecule has 0 saturated carbocycles. The van der Waals surface area contributed by atoms with Crippen LogP contribution in [0.4, 0.5) is 0 Å². The molecule has 0 fully saturated rings. The molecule has 1 unspecified atom stereocenters. The molecule has 0 bridgehead atoms. The highest BCUT2D eigenvalue weighted by molar-refractivity contribution is 9.10. The van der Waals surface area contributed by atoms with Crippen LogP contribution in [0.5, 0.6) is 0 Å². The molecule has 0 spiro atoms. The van der Waals surface area contributed by atoms with E-state index in [0.29, 0.717) is 13.2 Å². The van der Waals surface area contributed by atoms with Crippen molar-refractivity contribution in [2.45, 2.75) is 18.2 Å². The Bertz CT molecular complexity index is 238. The number of ether oxygens (including phenoxy) is 1. The van der Waals surface area contributed by atoms with Crippen molar-refractivity contribution in [2.75, 3.05) is 26.8 Å². The van der Waals surface area contributed by atoms with Gasteiger partial charge in [-0.05, 0) is 18.9 Å². The van der Waals surface area contributed by atoms with Crippen molar-refractivity contribution in [2.24, 2.45) is 0 Å². The molecular weight excluding hydrogens is 246 g/mol. The predicted molar refractivity (Wildman–Crippen MR) is 59.5 cm³/mol. The molecule has 14 heavy (non-hydrogen) atoms. The van der Waals surface area contributed by atoms with Crippen molar-refractivity contribution >= 4 is 21.8 Å². The smallest absolute Gasteiger partial charge is 0.236 e. The van der Waals surface area contributed by atoms with Crippen molar-refractivity contribution in [1.29, 1.82) is 0 Å². The Morgan fingerprint density at radius 3 is 2.93 bits per heavy atom. The van der Waals surface area contributed by atoms with Gasteiger partial charge in [0.2, 0.25) is 5.91 Å². The first-order valence-corrected chi connectivity index (χ1v) is 5.66. The Morgan fingerprint density at radius 2 is 2.50 bits per heavy atom. The summed E-state index contributed by atoms with van der Waals surface area (Å²) in [4.78, 5) is 13.4. The van der Waals surface area contributed by atoms with E-state index in [9.17, 15) is 4.79 Å². The van der Waals surface area contributed by atoms with Gasteiger partial charge in [0.05, 0.1) is 11.4 Å². The van der Waals surface area contributed by atoms with E-state index in [2.05, 4.69) is 22.0 Å². The Kier molecular flexibility index (Phi) is 4.62. The van der Waals surface area contributed by atoms with Crippen molar-refractivity contribution in [1.82, 2.24) is 4.90 Å². The van der Waals surface area contributed by atoms with Gasteiger partial charge in [0, 0.05) is 20.2 Å². The zero-order valence-electron chi connectivity index (χ0n) is 8.62. The molecule has 0 aromatic carbocycles. The third-order valence-electron chi connectivity index (χ3n) is 2.28. The molecule has 0 aliphatic carbocycles.